The fraction of sp³-hybridized carbons (Fsp3) is 0.417. The third-order valence-corrected chi connectivity index (χ3v) is 10.9. The summed E-state index contributed by atoms with van der Waals surface area (Å²) in [5, 5.41) is 20.3. The second kappa shape index (κ2) is 11.3. The predicted octanol–water partition coefficient (Wildman–Crippen LogP) is 5.79. The number of halogens is 3. The van der Waals surface area contributed by atoms with Crippen molar-refractivity contribution in [3.63, 3.8) is 0 Å². The molecule has 49 heavy (non-hydrogen) atoms. The van der Waals surface area contributed by atoms with Crippen molar-refractivity contribution in [3.8, 4) is 46.7 Å². The number of fused-ring (bicyclic) bond motifs is 6. The van der Waals surface area contributed by atoms with Gasteiger partial charge in [-0.25, -0.2) is 22.8 Å². The van der Waals surface area contributed by atoms with E-state index in [9.17, 15) is 9.50 Å². The number of terminal acetylenes is 1. The van der Waals surface area contributed by atoms with Crippen LogP contribution in [-0.4, -0.2) is 83.9 Å². The van der Waals surface area contributed by atoms with Gasteiger partial charge in [0.25, 0.3) is 0 Å². The molecule has 0 amide bonds. The Morgan fingerprint density at radius 2 is 1.92 bits per heavy atom. The van der Waals surface area contributed by atoms with Crippen molar-refractivity contribution in [2.75, 3.05) is 31.1 Å². The maximum Gasteiger partial charge on any atom is 0.319 e. The van der Waals surface area contributed by atoms with Crippen LogP contribution in [0, 0.1) is 24.0 Å². The molecule has 3 fully saturated rings. The number of anilines is 1. The molecular weight excluding hydrogens is 633 g/mol. The maximum absolute atomic E-state index is 17.4. The van der Waals surface area contributed by atoms with Gasteiger partial charge < -0.3 is 14.7 Å². The van der Waals surface area contributed by atoms with Gasteiger partial charge in [-0.2, -0.15) is 9.97 Å². The Morgan fingerprint density at radius 1 is 1.02 bits per heavy atom. The first-order valence-corrected chi connectivity index (χ1v) is 16.8. The number of piperidine rings is 1. The number of aryl methyl sites for hydroxylation is 1. The number of aromatic hydroxyl groups is 1. The molecule has 250 valence electrons. The van der Waals surface area contributed by atoms with Crippen LogP contribution in [0.15, 0.2) is 30.5 Å². The third kappa shape index (κ3) is 4.71. The standard InChI is InChI=1S/C36H33F3N8O2/c1-2-24-26(38)8-7-20-14-23(48)15-25(28(20)24)31-30(39)33-29-32(41-31)27-17-40-44-47(27)13-9-22-6-3-4-12-46(22)34(29)43-35(42-33)49-19-36-10-5-11-45(36)18-21(37)16-36/h1,7-8,14-15,17,21-22,48H,3-6,9-13,16,18-19H2/t21-,22?,36+/m1/s1. The third-order valence-electron chi connectivity index (χ3n) is 10.9. The number of aromatic nitrogens is 6. The van der Waals surface area contributed by atoms with E-state index < -0.39 is 23.3 Å². The molecule has 4 aliphatic heterocycles. The zero-order valence-electron chi connectivity index (χ0n) is 26.7. The highest BCUT2D eigenvalue weighted by Crippen LogP contribution is 2.45. The average Bonchev–Trinajstić information content (AvgIpc) is 3.81. The molecule has 0 spiro atoms. The zero-order chi connectivity index (χ0) is 33.4. The molecule has 2 aromatic carbocycles. The Morgan fingerprint density at radius 3 is 2.80 bits per heavy atom. The van der Waals surface area contributed by atoms with Crippen LogP contribution in [0.2, 0.25) is 0 Å². The summed E-state index contributed by atoms with van der Waals surface area (Å²) in [4.78, 5) is 18.9. The van der Waals surface area contributed by atoms with Crippen molar-refractivity contribution in [2.24, 2.45) is 0 Å². The van der Waals surface area contributed by atoms with Crippen molar-refractivity contribution >= 4 is 27.5 Å². The van der Waals surface area contributed by atoms with Gasteiger partial charge in [-0.15, -0.1) is 11.5 Å². The summed E-state index contributed by atoms with van der Waals surface area (Å²) < 4.78 is 55.2. The minimum atomic E-state index is -0.936. The molecule has 4 aliphatic rings. The molecule has 0 bridgehead atoms. The quantitative estimate of drug-likeness (QED) is 0.239. The number of nitrogens with zero attached hydrogens (tertiary/aromatic N) is 8. The Kier molecular flexibility index (Phi) is 6.95. The molecule has 0 radical (unpaired) electrons. The van der Waals surface area contributed by atoms with E-state index in [1.807, 2.05) is 0 Å². The first-order chi connectivity index (χ1) is 23.8. The highest BCUT2D eigenvalue weighted by Gasteiger charge is 2.49. The van der Waals surface area contributed by atoms with Gasteiger partial charge in [0.2, 0.25) is 0 Å². The highest BCUT2D eigenvalue weighted by molar-refractivity contribution is 6.06. The smallest absolute Gasteiger partial charge is 0.319 e. The lowest BCUT2D eigenvalue weighted by molar-refractivity contribution is 0.107. The van der Waals surface area contributed by atoms with Crippen molar-refractivity contribution in [2.45, 2.75) is 69.2 Å². The molecule has 3 aromatic heterocycles. The number of rotatable bonds is 4. The second-order valence-corrected chi connectivity index (χ2v) is 13.7. The highest BCUT2D eigenvalue weighted by atomic mass is 19.1. The van der Waals surface area contributed by atoms with E-state index in [4.69, 9.17) is 26.1 Å². The van der Waals surface area contributed by atoms with Crippen molar-refractivity contribution < 1.29 is 23.0 Å². The molecule has 0 aliphatic carbocycles. The number of hydrogen-bond donors (Lipinski definition) is 1. The molecule has 3 atom stereocenters. The van der Waals surface area contributed by atoms with Gasteiger partial charge in [-0.1, -0.05) is 17.2 Å². The van der Waals surface area contributed by atoms with Crippen LogP contribution in [0.1, 0.15) is 50.5 Å². The molecule has 1 N–H and O–H groups in total. The van der Waals surface area contributed by atoms with Crippen LogP contribution in [-0.2, 0) is 6.54 Å². The predicted molar refractivity (Wildman–Crippen MR) is 177 cm³/mol. The normalized spacial score (nSPS) is 23.4. The van der Waals surface area contributed by atoms with Gasteiger partial charge in [0.1, 0.15) is 52.8 Å². The van der Waals surface area contributed by atoms with Gasteiger partial charge in [0.05, 0.1) is 22.7 Å². The molecule has 0 saturated carbocycles. The summed E-state index contributed by atoms with van der Waals surface area (Å²) in [7, 11) is 0. The zero-order valence-corrected chi connectivity index (χ0v) is 26.7. The fourth-order valence-corrected chi connectivity index (χ4v) is 8.63. The van der Waals surface area contributed by atoms with Crippen molar-refractivity contribution in [1.29, 1.82) is 0 Å². The SMILES string of the molecule is C#Cc1c(F)ccc2cc(O)cc(-c3nc4c5c(nc(OC[C@@]67CCCN6C[C@H](F)C7)nc5c3F)N3CCCCC3CCn3nncc3-4)c12. The van der Waals surface area contributed by atoms with Crippen LogP contribution in [0.25, 0.3) is 44.3 Å². The van der Waals surface area contributed by atoms with E-state index >= 15 is 8.78 Å². The Balaban J connectivity index is 1.32. The summed E-state index contributed by atoms with van der Waals surface area (Å²) >= 11 is 0. The van der Waals surface area contributed by atoms with Gasteiger partial charge in [0, 0.05) is 43.0 Å². The first kappa shape index (κ1) is 30.1. The number of phenolic OH excluding ortho intramolecular Hbond substituents is 1. The summed E-state index contributed by atoms with van der Waals surface area (Å²) in [6.45, 7) is 2.59. The molecule has 13 heteroatoms. The largest absolute Gasteiger partial charge is 0.508 e. The van der Waals surface area contributed by atoms with Gasteiger partial charge >= 0.3 is 6.01 Å². The lowest BCUT2D eigenvalue weighted by Gasteiger charge is -2.37. The number of pyridine rings is 1. The summed E-state index contributed by atoms with van der Waals surface area (Å²) in [6, 6.07) is 5.55. The Labute approximate surface area is 279 Å². The lowest BCUT2D eigenvalue weighted by Crippen LogP contribution is -2.43. The van der Waals surface area contributed by atoms with E-state index in [1.165, 1.54) is 24.3 Å². The Hall–Kier alpha value is -4.96. The molecule has 10 nitrogen and oxygen atoms in total. The Bertz CT molecular complexity index is 2200. The molecular formula is C36H33F3N8O2. The van der Waals surface area contributed by atoms with Gasteiger partial charge in [0.15, 0.2) is 5.82 Å². The molecule has 3 saturated heterocycles. The monoisotopic (exact) mass is 666 g/mol. The summed E-state index contributed by atoms with van der Waals surface area (Å²) in [5.41, 5.74) is 0.219. The minimum absolute atomic E-state index is 0.0145. The molecule has 5 aromatic rings. The number of alkyl halides is 1. The molecule has 7 heterocycles. The fourth-order valence-electron chi connectivity index (χ4n) is 8.63. The van der Waals surface area contributed by atoms with E-state index in [-0.39, 0.29) is 52.1 Å². The van der Waals surface area contributed by atoms with Gasteiger partial charge in [-0.05, 0) is 68.7 Å². The first-order valence-electron chi connectivity index (χ1n) is 16.8. The van der Waals surface area contributed by atoms with Crippen LogP contribution in [0.5, 0.6) is 11.8 Å². The van der Waals surface area contributed by atoms with Crippen LogP contribution >= 0.6 is 0 Å². The summed E-state index contributed by atoms with van der Waals surface area (Å²) in [6.07, 6.45) is 12.2. The summed E-state index contributed by atoms with van der Waals surface area (Å²) in [5.74, 6) is 1.27. The number of ether oxygens (including phenoxy) is 1. The second-order valence-electron chi connectivity index (χ2n) is 13.7. The van der Waals surface area contributed by atoms with Gasteiger partial charge in [-0.3, -0.25) is 4.90 Å². The minimum Gasteiger partial charge on any atom is -0.508 e. The van der Waals surface area contributed by atoms with Crippen molar-refractivity contribution in [3.05, 3.63) is 47.7 Å². The van der Waals surface area contributed by atoms with Crippen LogP contribution in [0.4, 0.5) is 19.0 Å². The van der Waals surface area contributed by atoms with Crippen LogP contribution in [0.3, 0.4) is 0 Å². The van der Waals surface area contributed by atoms with E-state index in [1.54, 1.807) is 10.9 Å². The van der Waals surface area contributed by atoms with Crippen LogP contribution < -0.4 is 9.64 Å². The maximum atomic E-state index is 17.4. The van der Waals surface area contributed by atoms with E-state index in [2.05, 4.69) is 26.0 Å². The van der Waals surface area contributed by atoms with E-state index in [0.29, 0.717) is 54.0 Å². The number of benzene rings is 2. The number of phenols is 1. The lowest BCUT2D eigenvalue weighted by atomic mass is 9.95. The number of hydrogen-bond acceptors (Lipinski definition) is 9. The van der Waals surface area contributed by atoms with Crippen molar-refractivity contribution in [1.82, 2.24) is 34.8 Å². The average molecular weight is 667 g/mol. The molecule has 9 rings (SSSR count). The molecule has 1 unspecified atom stereocenters. The topological polar surface area (TPSA) is 105 Å². The van der Waals surface area contributed by atoms with E-state index in [0.717, 1.165) is 45.1 Å².